The molecule has 0 saturated heterocycles. The fraction of sp³-hybridized carbons (Fsp3) is 0.667. The van der Waals surface area contributed by atoms with E-state index in [0.717, 1.165) is 25.7 Å². The smallest absolute Gasteiger partial charge is 0.332 e. The minimum atomic E-state index is -0.291. The molecular weight excluding hydrogens is 282 g/mol. The standard InChI is InChI=1S/C15H21N5O2/c16-14-17-11-12(18-14)19(7-9-3-1-4-9)15(22)20(13(11)21)8-10-5-2-6-10/h9-10H,1-8H2,(H3,16,17,18). The summed E-state index contributed by atoms with van der Waals surface area (Å²) in [6.07, 6.45) is 6.86. The van der Waals surface area contributed by atoms with Crippen LogP contribution in [0.15, 0.2) is 9.59 Å². The molecule has 0 unspecified atom stereocenters. The van der Waals surface area contributed by atoms with Crippen molar-refractivity contribution in [3.05, 3.63) is 20.8 Å². The lowest BCUT2D eigenvalue weighted by Crippen LogP contribution is -2.43. The number of aromatic nitrogens is 4. The van der Waals surface area contributed by atoms with Crippen LogP contribution in [-0.2, 0) is 13.1 Å². The van der Waals surface area contributed by atoms with Gasteiger partial charge in [0.2, 0.25) is 0 Å². The van der Waals surface area contributed by atoms with Crippen LogP contribution in [0.4, 0.5) is 5.95 Å². The lowest BCUT2D eigenvalue weighted by Gasteiger charge is -2.28. The molecule has 3 N–H and O–H groups in total. The molecule has 2 heterocycles. The summed E-state index contributed by atoms with van der Waals surface area (Å²) in [5.41, 5.74) is 5.95. The highest BCUT2D eigenvalue weighted by molar-refractivity contribution is 5.72. The fourth-order valence-corrected chi connectivity index (χ4v) is 3.38. The average Bonchev–Trinajstić information content (AvgIpc) is 2.76. The molecule has 0 radical (unpaired) electrons. The minimum absolute atomic E-state index is 0.190. The van der Waals surface area contributed by atoms with Gasteiger partial charge in [-0.1, -0.05) is 12.8 Å². The molecule has 4 rings (SSSR count). The molecule has 2 fully saturated rings. The van der Waals surface area contributed by atoms with E-state index in [1.165, 1.54) is 17.4 Å². The Kier molecular flexibility index (Phi) is 3.09. The SMILES string of the molecule is Nc1nc2c([nH]1)c(=O)n(CC1CCC1)c(=O)n2CC1CCC1. The molecule has 0 aliphatic heterocycles. The van der Waals surface area contributed by atoms with Gasteiger partial charge < -0.3 is 10.7 Å². The monoisotopic (exact) mass is 303 g/mol. The van der Waals surface area contributed by atoms with Crippen molar-refractivity contribution in [2.24, 2.45) is 11.8 Å². The van der Waals surface area contributed by atoms with Gasteiger partial charge in [-0.2, -0.15) is 4.98 Å². The Bertz CT molecular complexity index is 823. The minimum Gasteiger partial charge on any atom is -0.369 e. The van der Waals surface area contributed by atoms with Gasteiger partial charge in [0, 0.05) is 13.1 Å². The van der Waals surface area contributed by atoms with E-state index in [4.69, 9.17) is 5.73 Å². The Balaban J connectivity index is 1.86. The highest BCUT2D eigenvalue weighted by atomic mass is 16.2. The first-order valence-electron chi connectivity index (χ1n) is 8.12. The number of nitrogens with two attached hydrogens (primary N) is 1. The number of imidazole rings is 1. The van der Waals surface area contributed by atoms with Crippen LogP contribution >= 0.6 is 0 Å². The number of nitrogen functional groups attached to an aromatic ring is 1. The maximum absolute atomic E-state index is 12.8. The Hall–Kier alpha value is -2.05. The van der Waals surface area contributed by atoms with Gasteiger partial charge in [-0.15, -0.1) is 0 Å². The summed E-state index contributed by atoms with van der Waals surface area (Å²) >= 11 is 0. The van der Waals surface area contributed by atoms with Crippen molar-refractivity contribution in [2.75, 3.05) is 5.73 Å². The number of H-pyrrole nitrogens is 1. The van der Waals surface area contributed by atoms with Crippen LogP contribution in [0.25, 0.3) is 11.2 Å². The third kappa shape index (κ3) is 2.07. The lowest BCUT2D eigenvalue weighted by molar-refractivity contribution is 0.255. The van der Waals surface area contributed by atoms with Gasteiger partial charge in [-0.05, 0) is 37.5 Å². The molecule has 0 atom stereocenters. The van der Waals surface area contributed by atoms with Gasteiger partial charge in [0.15, 0.2) is 17.1 Å². The molecule has 7 heteroatoms. The predicted molar refractivity (Wildman–Crippen MR) is 83.7 cm³/mol. The first kappa shape index (κ1) is 13.6. The van der Waals surface area contributed by atoms with Crippen LogP contribution in [0.1, 0.15) is 38.5 Å². The van der Waals surface area contributed by atoms with Crippen LogP contribution in [0.3, 0.4) is 0 Å². The third-order valence-electron chi connectivity index (χ3n) is 5.21. The van der Waals surface area contributed by atoms with Gasteiger partial charge in [0.05, 0.1) is 0 Å². The van der Waals surface area contributed by atoms with E-state index in [2.05, 4.69) is 9.97 Å². The van der Waals surface area contributed by atoms with Crippen LogP contribution in [0.5, 0.6) is 0 Å². The zero-order valence-corrected chi connectivity index (χ0v) is 12.5. The summed E-state index contributed by atoms with van der Waals surface area (Å²) in [6.45, 7) is 1.14. The highest BCUT2D eigenvalue weighted by Crippen LogP contribution is 2.29. The number of anilines is 1. The molecule has 118 valence electrons. The largest absolute Gasteiger partial charge is 0.369 e. The van der Waals surface area contributed by atoms with Crippen molar-refractivity contribution in [1.29, 1.82) is 0 Å². The summed E-state index contributed by atoms with van der Waals surface area (Å²) in [5.74, 6) is 1.14. The first-order valence-corrected chi connectivity index (χ1v) is 8.12. The van der Waals surface area contributed by atoms with Crippen LogP contribution < -0.4 is 17.0 Å². The average molecular weight is 303 g/mol. The molecule has 2 aliphatic rings. The Morgan fingerprint density at radius 2 is 1.64 bits per heavy atom. The molecule has 2 saturated carbocycles. The summed E-state index contributed by atoms with van der Waals surface area (Å²) in [6, 6.07) is 0. The van der Waals surface area contributed by atoms with E-state index < -0.39 is 0 Å². The molecule has 0 bridgehead atoms. The maximum atomic E-state index is 12.8. The molecule has 2 aromatic heterocycles. The number of nitrogens with one attached hydrogen (secondary N) is 1. The third-order valence-corrected chi connectivity index (χ3v) is 5.21. The van der Waals surface area contributed by atoms with Gasteiger partial charge in [-0.3, -0.25) is 13.9 Å². The molecule has 0 spiro atoms. The number of nitrogens with zero attached hydrogens (tertiary/aromatic N) is 3. The summed E-state index contributed by atoms with van der Waals surface area (Å²) in [4.78, 5) is 32.4. The van der Waals surface area contributed by atoms with E-state index in [1.807, 2.05) is 0 Å². The van der Waals surface area contributed by atoms with Crippen LogP contribution in [0, 0.1) is 11.8 Å². The molecule has 2 aromatic rings. The zero-order chi connectivity index (χ0) is 15.3. The van der Waals surface area contributed by atoms with Gasteiger partial charge in [-0.25, -0.2) is 4.79 Å². The molecular formula is C15H21N5O2. The first-order chi connectivity index (χ1) is 10.6. The maximum Gasteiger partial charge on any atom is 0.332 e. The Morgan fingerprint density at radius 3 is 2.18 bits per heavy atom. The quantitative estimate of drug-likeness (QED) is 0.882. The number of fused-ring (bicyclic) bond motifs is 1. The van der Waals surface area contributed by atoms with Crippen molar-refractivity contribution in [1.82, 2.24) is 19.1 Å². The normalized spacial score (nSPS) is 19.3. The zero-order valence-electron chi connectivity index (χ0n) is 12.5. The van der Waals surface area contributed by atoms with E-state index in [-0.39, 0.29) is 17.2 Å². The van der Waals surface area contributed by atoms with Crippen molar-refractivity contribution in [2.45, 2.75) is 51.6 Å². The fourth-order valence-electron chi connectivity index (χ4n) is 3.38. The Labute approximate surface area is 127 Å². The van der Waals surface area contributed by atoms with E-state index >= 15 is 0 Å². The predicted octanol–water partition coefficient (Wildman–Crippen LogP) is 1.07. The summed E-state index contributed by atoms with van der Waals surface area (Å²) in [7, 11) is 0. The van der Waals surface area contributed by atoms with Crippen molar-refractivity contribution in [3.8, 4) is 0 Å². The molecule has 0 aromatic carbocycles. The second-order valence-corrected chi connectivity index (χ2v) is 6.72. The van der Waals surface area contributed by atoms with Crippen molar-refractivity contribution >= 4 is 17.1 Å². The molecule has 2 aliphatic carbocycles. The van der Waals surface area contributed by atoms with E-state index in [0.29, 0.717) is 36.1 Å². The number of rotatable bonds is 4. The number of aromatic amines is 1. The second-order valence-electron chi connectivity index (χ2n) is 6.72. The van der Waals surface area contributed by atoms with Crippen molar-refractivity contribution < 1.29 is 0 Å². The van der Waals surface area contributed by atoms with Crippen LogP contribution in [-0.4, -0.2) is 19.1 Å². The number of hydrogen-bond acceptors (Lipinski definition) is 4. The van der Waals surface area contributed by atoms with E-state index in [1.54, 1.807) is 4.57 Å². The summed E-state index contributed by atoms with van der Waals surface area (Å²) in [5, 5.41) is 0. The van der Waals surface area contributed by atoms with Crippen LogP contribution in [0.2, 0.25) is 0 Å². The number of hydrogen-bond donors (Lipinski definition) is 2. The molecule has 22 heavy (non-hydrogen) atoms. The molecule has 0 amide bonds. The lowest BCUT2D eigenvalue weighted by atomic mass is 9.85. The second kappa shape index (κ2) is 5.00. The van der Waals surface area contributed by atoms with Gasteiger partial charge in [0.1, 0.15) is 0 Å². The van der Waals surface area contributed by atoms with E-state index in [9.17, 15) is 9.59 Å². The summed E-state index contributed by atoms with van der Waals surface area (Å²) < 4.78 is 3.02. The van der Waals surface area contributed by atoms with Crippen molar-refractivity contribution in [3.63, 3.8) is 0 Å². The van der Waals surface area contributed by atoms with Gasteiger partial charge >= 0.3 is 5.69 Å². The topological polar surface area (TPSA) is 98.7 Å². The highest BCUT2D eigenvalue weighted by Gasteiger charge is 2.25. The Morgan fingerprint density at radius 1 is 1.05 bits per heavy atom. The molecule has 7 nitrogen and oxygen atoms in total. The van der Waals surface area contributed by atoms with Gasteiger partial charge in [0.25, 0.3) is 5.56 Å².